The van der Waals surface area contributed by atoms with E-state index in [4.69, 9.17) is 5.73 Å². The number of carboxylic acid groups (broad SMARTS) is 3. The Morgan fingerprint density at radius 2 is 0.879 bits per heavy atom. The number of nitrogens with zero attached hydrogens (tertiary/aromatic N) is 3. The highest BCUT2D eigenvalue weighted by atomic mass is 16.4. The molecule has 9 atom stereocenters. The van der Waals surface area contributed by atoms with Gasteiger partial charge >= 0.3 is 23.6 Å². The van der Waals surface area contributed by atoms with Crippen LogP contribution in [0.15, 0.2) is 94.5 Å². The number of phenols is 3. The molecule has 0 bridgehead atoms. The summed E-state index contributed by atoms with van der Waals surface area (Å²) < 4.78 is 1.61. The van der Waals surface area contributed by atoms with Crippen molar-refractivity contribution in [1.82, 2.24) is 62.1 Å². The number of fused-ring (bicyclic) bond motifs is 2. The number of aromatic nitrogens is 4. The molecule has 0 unspecified atom stereocenters. The molecule has 8 amide bonds. The number of aliphatic carboxylic acids is 3. The van der Waals surface area contributed by atoms with Crippen LogP contribution in [0.3, 0.4) is 0 Å². The van der Waals surface area contributed by atoms with Crippen molar-refractivity contribution in [2.45, 2.75) is 173 Å². The van der Waals surface area contributed by atoms with Gasteiger partial charge in [0, 0.05) is 38.6 Å². The molecule has 32 nitrogen and oxygen atoms in total. The number of aromatic hydroxyl groups is 3. The van der Waals surface area contributed by atoms with Gasteiger partial charge in [0.25, 0.3) is 5.56 Å². The summed E-state index contributed by atoms with van der Waals surface area (Å²) in [5.41, 5.74) is 7.66. The van der Waals surface area contributed by atoms with Crippen molar-refractivity contribution in [2.24, 2.45) is 11.7 Å². The molecule has 4 aromatic carbocycles. The average molecular weight is 1370 g/mol. The molecule has 99 heavy (non-hydrogen) atoms. The normalized spacial score (nSPS) is 14.0. The molecule has 4 aromatic rings. The van der Waals surface area contributed by atoms with Gasteiger partial charge in [-0.15, -0.1) is 0 Å². The van der Waals surface area contributed by atoms with Crippen LogP contribution >= 0.6 is 0 Å². The van der Waals surface area contributed by atoms with E-state index in [1.54, 1.807) is 30.5 Å². The molecule has 6 rings (SSSR count). The van der Waals surface area contributed by atoms with Crippen molar-refractivity contribution in [3.8, 4) is 28.8 Å². The van der Waals surface area contributed by atoms with E-state index in [1.807, 2.05) is 13.8 Å². The number of hydrogen-bond donors (Lipinski definition) is 16. The van der Waals surface area contributed by atoms with Gasteiger partial charge in [-0.25, -0.2) is 14.6 Å². The van der Waals surface area contributed by atoms with Crippen molar-refractivity contribution in [3.63, 3.8) is 0 Å². The Morgan fingerprint density at radius 1 is 0.485 bits per heavy atom. The maximum Gasteiger partial charge on any atom is 0.349 e. The Labute approximate surface area is 566 Å². The maximum absolute atomic E-state index is 14.9. The number of carbonyl (C=O) groups is 11. The Hall–Kier alpha value is -11.3. The largest absolute Gasteiger partial charge is 0.508 e. The van der Waals surface area contributed by atoms with Gasteiger partial charge in [-0.3, -0.25) is 57.7 Å². The molecule has 0 aliphatic carbocycles. The van der Waals surface area contributed by atoms with Gasteiger partial charge in [0.1, 0.15) is 65.6 Å². The number of nitrogens with two attached hydrogens (primary N) is 1. The fraction of sp³-hybridized carbons (Fsp3) is 0.418. The number of amides is 8. The lowest BCUT2D eigenvalue weighted by atomic mass is 9.99. The summed E-state index contributed by atoms with van der Waals surface area (Å²) in [4.78, 5) is 186. The van der Waals surface area contributed by atoms with Gasteiger partial charge in [-0.1, -0.05) is 50.2 Å². The SMILES string of the molecule is Cc1cc2nc3c(=O)[nH]c(=O)nc-3n(CCCC[C@H](NC(=O)[C@H](C)NC(=O)[C@H](Cc3ccc(O)cc3)NC(=O)[C@H](C)N)C(=O)N[C@@H](CCC(=O)O)C(=O)N[C@@H](Cc3ccc(O)cc3)C(=O)N[C@@H](Cc3ccc(O)cc3)C(=O)N[C@@H](CC(C)C)C(=O)N[C@@H](CCC(=O)O)C(=O)O)c2cc1C. The highest BCUT2D eigenvalue weighted by molar-refractivity contribution is 5.98. The van der Waals surface area contributed by atoms with Gasteiger partial charge < -0.3 is 83.5 Å². The lowest BCUT2D eigenvalue weighted by molar-refractivity contribution is -0.143. The summed E-state index contributed by atoms with van der Waals surface area (Å²) in [6, 6.07) is 6.30. The van der Waals surface area contributed by atoms with Crippen molar-refractivity contribution < 1.29 is 83.4 Å². The monoisotopic (exact) mass is 1370 g/mol. The minimum absolute atomic E-state index is 0.0427. The molecule has 0 spiro atoms. The third kappa shape index (κ3) is 23.2. The van der Waals surface area contributed by atoms with Crippen molar-refractivity contribution in [2.75, 3.05) is 0 Å². The number of unbranched alkanes of at least 4 members (excludes halogenated alkanes) is 1. The molecule has 0 aromatic heterocycles. The van der Waals surface area contributed by atoms with Crippen LogP contribution in [0.1, 0.15) is 107 Å². The van der Waals surface area contributed by atoms with E-state index in [2.05, 4.69) is 57.5 Å². The zero-order chi connectivity index (χ0) is 72.9. The summed E-state index contributed by atoms with van der Waals surface area (Å²) in [7, 11) is 0. The van der Waals surface area contributed by atoms with Crippen LogP contribution in [-0.2, 0) is 78.5 Å². The average Bonchev–Trinajstić information content (AvgIpc) is 0.757. The first kappa shape index (κ1) is 76.7. The number of rotatable bonds is 36. The molecule has 32 heteroatoms. The van der Waals surface area contributed by atoms with Crippen LogP contribution in [0, 0.1) is 19.8 Å². The minimum Gasteiger partial charge on any atom is -0.508 e. The van der Waals surface area contributed by atoms with E-state index in [1.165, 1.54) is 86.6 Å². The molecule has 2 aliphatic heterocycles. The number of benzene rings is 4. The van der Waals surface area contributed by atoms with Crippen LogP contribution in [0.4, 0.5) is 0 Å². The first-order valence-corrected chi connectivity index (χ1v) is 31.9. The number of hydrogen-bond acceptors (Lipinski definition) is 19. The zero-order valence-electron chi connectivity index (χ0n) is 55.3. The number of carbonyl (C=O) groups excluding carboxylic acids is 8. The van der Waals surface area contributed by atoms with Crippen molar-refractivity contribution >= 4 is 76.2 Å². The third-order valence-electron chi connectivity index (χ3n) is 16.1. The molecule has 530 valence electrons. The Bertz CT molecular complexity index is 4010. The highest BCUT2D eigenvalue weighted by Gasteiger charge is 2.36. The molecule has 2 aliphatic rings. The molecular formula is C67H83N13O19. The van der Waals surface area contributed by atoms with E-state index in [9.17, 15) is 93.0 Å². The quantitative estimate of drug-likeness (QED) is 0.0186. The Morgan fingerprint density at radius 3 is 1.34 bits per heavy atom. The van der Waals surface area contributed by atoms with Gasteiger partial charge in [0.05, 0.1) is 17.1 Å². The predicted molar refractivity (Wildman–Crippen MR) is 355 cm³/mol. The second kappa shape index (κ2) is 35.6. The lowest BCUT2D eigenvalue weighted by Gasteiger charge is -2.28. The zero-order valence-corrected chi connectivity index (χ0v) is 55.3. The number of aryl methyl sites for hydroxylation is 3. The summed E-state index contributed by atoms with van der Waals surface area (Å²) >= 11 is 0. The number of nitrogens with one attached hydrogen (secondary N) is 9. The smallest absolute Gasteiger partial charge is 0.349 e. The molecule has 0 saturated heterocycles. The fourth-order valence-electron chi connectivity index (χ4n) is 10.5. The van der Waals surface area contributed by atoms with Crippen molar-refractivity contribution in [3.05, 3.63) is 134 Å². The van der Waals surface area contributed by atoms with Crippen LogP contribution < -0.4 is 59.5 Å². The molecule has 17 N–H and O–H groups in total. The number of aromatic amines is 1. The van der Waals surface area contributed by atoms with Crippen LogP contribution in [0.2, 0.25) is 0 Å². The van der Waals surface area contributed by atoms with Crippen LogP contribution in [0.25, 0.3) is 22.6 Å². The predicted octanol–water partition coefficient (Wildman–Crippen LogP) is 0.322. The number of H-pyrrole nitrogens is 1. The summed E-state index contributed by atoms with van der Waals surface area (Å²) in [6.07, 6.45) is -3.55. The van der Waals surface area contributed by atoms with Gasteiger partial charge in [-0.2, -0.15) is 4.98 Å². The molecule has 0 radical (unpaired) electrons. The summed E-state index contributed by atoms with van der Waals surface area (Å²) in [6.45, 7) is 9.78. The topological polar surface area (TPSA) is 512 Å². The first-order chi connectivity index (χ1) is 46.7. The van der Waals surface area contributed by atoms with E-state index in [-0.39, 0.29) is 79.8 Å². The van der Waals surface area contributed by atoms with Crippen LogP contribution in [-0.4, -0.2) is 170 Å². The molecule has 2 heterocycles. The summed E-state index contributed by atoms with van der Waals surface area (Å²) in [5, 5.41) is 79.4. The van der Waals surface area contributed by atoms with E-state index in [0.29, 0.717) is 27.7 Å². The van der Waals surface area contributed by atoms with E-state index < -0.39 is 163 Å². The Kier molecular flexibility index (Phi) is 27.6. The second-order valence-corrected chi connectivity index (χ2v) is 24.6. The number of phenolic OH excluding ortho intramolecular Hbond substituents is 3. The van der Waals surface area contributed by atoms with E-state index >= 15 is 0 Å². The number of carboxylic acids is 3. The maximum atomic E-state index is 14.9. The van der Waals surface area contributed by atoms with Crippen molar-refractivity contribution in [1.29, 1.82) is 0 Å². The summed E-state index contributed by atoms with van der Waals surface area (Å²) in [5.74, 6) is -13.0. The third-order valence-corrected chi connectivity index (χ3v) is 16.1. The minimum atomic E-state index is -1.83. The molecule has 0 fully saturated rings. The fourth-order valence-corrected chi connectivity index (χ4v) is 10.5. The Balaban J connectivity index is 1.33. The van der Waals surface area contributed by atoms with Gasteiger partial charge in [0.15, 0.2) is 11.5 Å². The highest BCUT2D eigenvalue weighted by Crippen LogP contribution is 2.25. The van der Waals surface area contributed by atoms with E-state index in [0.717, 1.165) is 11.1 Å². The molecule has 0 saturated carbocycles. The van der Waals surface area contributed by atoms with Gasteiger partial charge in [-0.05, 0) is 148 Å². The standard InChI is InChI=1S/C67H83N13O19/c1-33(2)27-48(62(93)73-46(66(97)98)23-25-54(86)87)75-63(94)51(32-40-14-20-43(83)21-15-40)77-64(95)50(31-39-12-18-42(82)19-13-39)76-60(91)45(22-24-53(84)85)72-59(90)44(71-58(89)37(6)69-61(92)49(74-57(88)36(5)68)30-38-10-16-41(81)17-11-38)9-7-8-26-80-52-29-35(4)34(3)28-47(52)70-55-56(80)78-67(99)79-65(55)96/h10-21,28-29,33,36-37,44-46,48-51,81-83H,7-9,22-27,30-32,68H2,1-6H3,(H,69,92)(H,71,89)(H,72,90)(H,73,93)(H,74,88)(H,75,94)(H,76,91)(H,77,95)(H,84,85)(H,86,87)(H,97,98)(H,79,96,99)/t36-,37-,44-,45-,46-,48-,49-,50-,51-/m0/s1. The van der Waals surface area contributed by atoms with Crippen LogP contribution in [0.5, 0.6) is 17.2 Å². The molecular weight excluding hydrogens is 1290 g/mol. The first-order valence-electron chi connectivity index (χ1n) is 31.9. The van der Waals surface area contributed by atoms with Gasteiger partial charge in [0.2, 0.25) is 47.3 Å². The second-order valence-electron chi connectivity index (χ2n) is 24.6. The lowest BCUT2D eigenvalue weighted by Crippen LogP contribution is -2.60.